The minimum absolute atomic E-state index is 0.574. The molecule has 12 heavy (non-hydrogen) atoms. The zero-order valence-corrected chi connectivity index (χ0v) is 7.81. The average Bonchev–Trinajstić information content (AvgIpc) is 2.21. The Hall–Kier alpha value is -0.470. The third-order valence-electron chi connectivity index (χ3n) is 2.12. The molecule has 1 atom stereocenters. The second kappa shape index (κ2) is 3.97. The van der Waals surface area contributed by atoms with Crippen LogP contribution in [0.3, 0.4) is 0 Å². The molecule has 1 saturated heterocycles. The number of rotatable bonds is 1. The third kappa shape index (κ3) is 1.82. The summed E-state index contributed by atoms with van der Waals surface area (Å²) in [5, 5.41) is 3.51. The van der Waals surface area contributed by atoms with Gasteiger partial charge in [0.1, 0.15) is 0 Å². The van der Waals surface area contributed by atoms with Gasteiger partial charge < -0.3 is 5.32 Å². The lowest BCUT2D eigenvalue weighted by Crippen LogP contribution is -2.30. The Morgan fingerprint density at radius 1 is 1.25 bits per heavy atom. The maximum Gasteiger partial charge on any atom is 0.0412 e. The van der Waals surface area contributed by atoms with Crippen molar-refractivity contribution in [1.82, 2.24) is 5.32 Å². The molecule has 0 spiro atoms. The fourth-order valence-electron chi connectivity index (χ4n) is 1.46. The van der Waals surface area contributed by atoms with E-state index in [2.05, 4.69) is 35.6 Å². The second-order valence-corrected chi connectivity index (χ2v) is 4.14. The highest BCUT2D eigenvalue weighted by molar-refractivity contribution is 7.99. The van der Waals surface area contributed by atoms with Gasteiger partial charge in [-0.05, 0) is 5.56 Å². The van der Waals surface area contributed by atoms with Gasteiger partial charge in [-0.2, -0.15) is 11.8 Å². The van der Waals surface area contributed by atoms with E-state index in [1.807, 2.05) is 11.8 Å². The van der Waals surface area contributed by atoms with E-state index in [9.17, 15) is 0 Å². The van der Waals surface area contributed by atoms with Crippen molar-refractivity contribution in [3.63, 3.8) is 0 Å². The predicted molar refractivity (Wildman–Crippen MR) is 54.5 cm³/mol. The van der Waals surface area contributed by atoms with E-state index in [1.54, 1.807) is 0 Å². The van der Waals surface area contributed by atoms with E-state index < -0.39 is 0 Å². The summed E-state index contributed by atoms with van der Waals surface area (Å²) in [7, 11) is 0. The topological polar surface area (TPSA) is 12.0 Å². The van der Waals surface area contributed by atoms with E-state index >= 15 is 0 Å². The Morgan fingerprint density at radius 2 is 2.08 bits per heavy atom. The molecule has 0 amide bonds. The van der Waals surface area contributed by atoms with E-state index in [0.29, 0.717) is 6.04 Å². The summed E-state index contributed by atoms with van der Waals surface area (Å²) in [4.78, 5) is 0. The third-order valence-corrected chi connectivity index (χ3v) is 3.19. The molecule has 1 aromatic carbocycles. The van der Waals surface area contributed by atoms with E-state index in [1.165, 1.54) is 17.1 Å². The monoisotopic (exact) mass is 179 g/mol. The van der Waals surface area contributed by atoms with Gasteiger partial charge in [0.2, 0.25) is 0 Å². The molecule has 1 N–H and O–H groups in total. The molecule has 1 fully saturated rings. The van der Waals surface area contributed by atoms with Gasteiger partial charge in [-0.1, -0.05) is 30.3 Å². The van der Waals surface area contributed by atoms with Gasteiger partial charge in [0.15, 0.2) is 0 Å². The van der Waals surface area contributed by atoms with E-state index in [0.717, 1.165) is 6.54 Å². The first-order valence-corrected chi connectivity index (χ1v) is 5.48. The molecule has 1 nitrogen and oxygen atoms in total. The minimum Gasteiger partial charge on any atom is -0.308 e. The van der Waals surface area contributed by atoms with Crippen LogP contribution in [0.1, 0.15) is 11.6 Å². The lowest BCUT2D eigenvalue weighted by Gasteiger charge is -2.23. The van der Waals surface area contributed by atoms with E-state index in [4.69, 9.17) is 0 Å². The standard InChI is InChI=1S/C10H13NS/c1-2-4-9(5-3-1)10-8-12-7-6-11-10/h1-5,10-11H,6-8H2/t10-/m1/s1. The Bertz CT molecular complexity index is 229. The van der Waals surface area contributed by atoms with Gasteiger partial charge in [0, 0.05) is 24.1 Å². The van der Waals surface area contributed by atoms with Gasteiger partial charge in [0.25, 0.3) is 0 Å². The van der Waals surface area contributed by atoms with Crippen molar-refractivity contribution in [2.75, 3.05) is 18.1 Å². The number of thioether (sulfide) groups is 1. The molecule has 64 valence electrons. The first-order valence-electron chi connectivity index (χ1n) is 4.33. The largest absolute Gasteiger partial charge is 0.308 e. The van der Waals surface area contributed by atoms with Crippen LogP contribution in [0.15, 0.2) is 30.3 Å². The van der Waals surface area contributed by atoms with Gasteiger partial charge in [-0.3, -0.25) is 0 Å². The maximum atomic E-state index is 3.51. The SMILES string of the molecule is c1ccc([C@H]2CSCCN2)cc1. The van der Waals surface area contributed by atoms with Crippen LogP contribution in [-0.4, -0.2) is 18.1 Å². The predicted octanol–water partition coefficient (Wildman–Crippen LogP) is 2.06. The Kier molecular flexibility index (Phi) is 2.69. The number of hydrogen-bond donors (Lipinski definition) is 1. The second-order valence-electron chi connectivity index (χ2n) is 2.99. The van der Waals surface area contributed by atoms with Crippen LogP contribution in [0.2, 0.25) is 0 Å². The highest BCUT2D eigenvalue weighted by Gasteiger charge is 2.13. The summed E-state index contributed by atoms with van der Waals surface area (Å²) >= 11 is 2.04. The molecule has 0 unspecified atom stereocenters. The van der Waals surface area contributed by atoms with Gasteiger partial charge >= 0.3 is 0 Å². The highest BCUT2D eigenvalue weighted by atomic mass is 32.2. The number of hydrogen-bond acceptors (Lipinski definition) is 2. The van der Waals surface area contributed by atoms with Crippen LogP contribution in [0, 0.1) is 0 Å². The van der Waals surface area contributed by atoms with Crippen molar-refractivity contribution < 1.29 is 0 Å². The summed E-state index contributed by atoms with van der Waals surface area (Å²) in [6.45, 7) is 1.14. The summed E-state index contributed by atoms with van der Waals surface area (Å²) in [5.41, 5.74) is 1.42. The minimum atomic E-state index is 0.574. The smallest absolute Gasteiger partial charge is 0.0412 e. The van der Waals surface area contributed by atoms with Gasteiger partial charge in [0.05, 0.1) is 0 Å². The summed E-state index contributed by atoms with van der Waals surface area (Å²) < 4.78 is 0. The van der Waals surface area contributed by atoms with Crippen LogP contribution >= 0.6 is 11.8 Å². The maximum absolute atomic E-state index is 3.51. The normalized spacial score (nSPS) is 23.8. The first kappa shape index (κ1) is 8.14. The summed E-state index contributed by atoms with van der Waals surface area (Å²) in [6.07, 6.45) is 0. The molecule has 0 radical (unpaired) electrons. The molecule has 2 rings (SSSR count). The molecule has 0 aromatic heterocycles. The highest BCUT2D eigenvalue weighted by Crippen LogP contribution is 2.20. The first-order chi connectivity index (χ1) is 5.97. The molecule has 0 aliphatic carbocycles. The average molecular weight is 179 g/mol. The van der Waals surface area contributed by atoms with Crippen LogP contribution < -0.4 is 5.32 Å². The van der Waals surface area contributed by atoms with Crippen molar-refractivity contribution in [3.05, 3.63) is 35.9 Å². The van der Waals surface area contributed by atoms with Crippen LogP contribution in [0.5, 0.6) is 0 Å². The zero-order chi connectivity index (χ0) is 8.23. The molecule has 0 bridgehead atoms. The summed E-state index contributed by atoms with van der Waals surface area (Å²) in [6, 6.07) is 11.3. The van der Waals surface area contributed by atoms with Crippen molar-refractivity contribution in [1.29, 1.82) is 0 Å². The van der Waals surface area contributed by atoms with Crippen molar-refractivity contribution in [2.24, 2.45) is 0 Å². The number of nitrogens with one attached hydrogen (secondary N) is 1. The molecule has 1 aliphatic heterocycles. The Labute approximate surface area is 77.6 Å². The molecule has 1 heterocycles. The summed E-state index contributed by atoms with van der Waals surface area (Å²) in [5.74, 6) is 2.47. The van der Waals surface area contributed by atoms with Crippen molar-refractivity contribution >= 4 is 11.8 Å². The van der Waals surface area contributed by atoms with Crippen LogP contribution in [0.25, 0.3) is 0 Å². The number of benzene rings is 1. The van der Waals surface area contributed by atoms with E-state index in [-0.39, 0.29) is 0 Å². The van der Waals surface area contributed by atoms with Gasteiger partial charge in [-0.25, -0.2) is 0 Å². The zero-order valence-electron chi connectivity index (χ0n) is 6.99. The Balaban J connectivity index is 2.08. The van der Waals surface area contributed by atoms with Crippen LogP contribution in [-0.2, 0) is 0 Å². The molecule has 1 aromatic rings. The fraction of sp³-hybridized carbons (Fsp3) is 0.400. The molecule has 1 aliphatic rings. The van der Waals surface area contributed by atoms with Crippen molar-refractivity contribution in [2.45, 2.75) is 6.04 Å². The lowest BCUT2D eigenvalue weighted by atomic mass is 10.1. The quantitative estimate of drug-likeness (QED) is 0.708. The molecule has 0 saturated carbocycles. The van der Waals surface area contributed by atoms with Crippen LogP contribution in [0.4, 0.5) is 0 Å². The lowest BCUT2D eigenvalue weighted by molar-refractivity contribution is 0.595. The fourth-order valence-corrected chi connectivity index (χ4v) is 2.44. The van der Waals surface area contributed by atoms with Gasteiger partial charge in [-0.15, -0.1) is 0 Å². The van der Waals surface area contributed by atoms with Crippen molar-refractivity contribution in [3.8, 4) is 0 Å². The molecular weight excluding hydrogens is 166 g/mol. The molecule has 2 heteroatoms. The Morgan fingerprint density at radius 3 is 2.75 bits per heavy atom. The molecular formula is C10H13NS.